The summed E-state index contributed by atoms with van der Waals surface area (Å²) in [5.74, 6) is 2.13. The summed E-state index contributed by atoms with van der Waals surface area (Å²) in [5.41, 5.74) is 3.08. The van der Waals surface area contributed by atoms with Crippen molar-refractivity contribution >= 4 is 13.6 Å². The van der Waals surface area contributed by atoms with Gasteiger partial charge in [0.05, 0.1) is 0 Å². The van der Waals surface area contributed by atoms with Gasteiger partial charge >= 0.3 is 0 Å². The normalized spacial score (nSPS) is 20.8. The molecule has 5 rings (SSSR count). The third-order valence-electron chi connectivity index (χ3n) is 7.76. The Morgan fingerprint density at radius 3 is 2.03 bits per heavy atom. The second-order valence-corrected chi connectivity index (χ2v) is 11.6. The van der Waals surface area contributed by atoms with Crippen LogP contribution in [0.4, 0.5) is 8.78 Å². The van der Waals surface area contributed by atoms with Gasteiger partial charge in [0, 0.05) is 16.9 Å². The quantitative estimate of drug-likeness (QED) is 0.225. The molecule has 0 radical (unpaired) electrons. The van der Waals surface area contributed by atoms with Crippen LogP contribution in [-0.4, -0.2) is 10.1 Å². The Balaban J connectivity index is 1.31. The third kappa shape index (κ3) is 5.33. The summed E-state index contributed by atoms with van der Waals surface area (Å²) in [5, 5.41) is 11.4. The van der Waals surface area contributed by atoms with E-state index in [1.54, 1.807) is 24.3 Å². The Bertz CT molecular complexity index is 1230. The molecule has 0 aliphatic heterocycles. The lowest BCUT2D eigenvalue weighted by molar-refractivity contribution is 0.241. The van der Waals surface area contributed by atoms with Crippen molar-refractivity contribution in [3.05, 3.63) is 76.9 Å². The molecule has 0 spiro atoms. The van der Waals surface area contributed by atoms with Gasteiger partial charge in [0.25, 0.3) is 0 Å². The van der Waals surface area contributed by atoms with E-state index in [2.05, 4.69) is 0 Å². The maximum absolute atomic E-state index is 15.1. The number of aryl methyl sites for hydroxylation is 2. The van der Waals surface area contributed by atoms with E-state index in [9.17, 15) is 4.89 Å². The van der Waals surface area contributed by atoms with Gasteiger partial charge in [-0.15, -0.1) is 0 Å². The molecular formula is C29H32F2NO3P. The highest BCUT2D eigenvalue weighted by Gasteiger charge is 2.34. The number of hydrogen-bond donors (Lipinski definition) is 3. The zero-order valence-electron chi connectivity index (χ0n) is 20.6. The summed E-state index contributed by atoms with van der Waals surface area (Å²) in [7, 11) is -1.87. The van der Waals surface area contributed by atoms with Crippen LogP contribution in [-0.2, 0) is 0 Å². The fraction of sp³-hybridized carbons (Fsp3) is 0.379. The third-order valence-corrected chi connectivity index (χ3v) is 8.69. The Kier molecular flexibility index (Phi) is 7.41. The van der Waals surface area contributed by atoms with Gasteiger partial charge in [0.2, 0.25) is 0 Å². The average molecular weight is 512 g/mol. The highest BCUT2D eigenvalue weighted by Crippen LogP contribution is 2.47. The maximum Gasteiger partial charge on any atom is 0.156 e. The molecule has 2 saturated carbocycles. The van der Waals surface area contributed by atoms with Gasteiger partial charge in [-0.2, -0.15) is 5.25 Å². The van der Waals surface area contributed by atoms with Gasteiger partial charge in [0.1, 0.15) is 23.1 Å². The predicted molar refractivity (Wildman–Crippen MR) is 139 cm³/mol. The molecular weight excluding hydrogens is 479 g/mol. The molecule has 1 atom stereocenters. The molecule has 4 nitrogen and oxygen atoms in total. The van der Waals surface area contributed by atoms with Gasteiger partial charge in [-0.25, -0.2) is 8.78 Å². The second kappa shape index (κ2) is 10.5. The Morgan fingerprint density at radius 1 is 0.833 bits per heavy atom. The Hall–Kier alpha value is -2.37. The van der Waals surface area contributed by atoms with Crippen molar-refractivity contribution < 1.29 is 23.6 Å². The van der Waals surface area contributed by atoms with Crippen LogP contribution in [0.2, 0.25) is 0 Å². The molecule has 2 aliphatic rings. The second-order valence-electron chi connectivity index (χ2n) is 10.2. The minimum Gasteiger partial charge on any atom is -0.457 e. The fourth-order valence-electron chi connectivity index (χ4n) is 5.67. The monoisotopic (exact) mass is 511 g/mol. The van der Waals surface area contributed by atoms with Crippen LogP contribution in [0.25, 0.3) is 11.1 Å². The molecule has 3 N–H and O–H groups in total. The molecule has 0 amide bonds. The fourth-order valence-corrected chi connectivity index (χ4v) is 6.42. The van der Waals surface area contributed by atoms with Crippen molar-refractivity contribution in [2.75, 3.05) is 0 Å². The summed E-state index contributed by atoms with van der Waals surface area (Å²) in [6.45, 7) is 3.64. The zero-order chi connectivity index (χ0) is 25.4. The molecule has 2 fully saturated rings. The van der Waals surface area contributed by atoms with E-state index in [-0.39, 0.29) is 11.7 Å². The number of hydrogen-bond acceptors (Lipinski definition) is 4. The molecule has 3 aromatic carbocycles. The first kappa shape index (κ1) is 25.3. The van der Waals surface area contributed by atoms with E-state index >= 15 is 8.78 Å². The Labute approximate surface area is 212 Å². The minimum absolute atomic E-state index is 0.253. The van der Waals surface area contributed by atoms with Crippen molar-refractivity contribution in [2.45, 2.75) is 58.3 Å². The van der Waals surface area contributed by atoms with E-state index in [4.69, 9.17) is 9.94 Å². The Morgan fingerprint density at radius 2 is 1.47 bits per heavy atom. The van der Waals surface area contributed by atoms with Crippen LogP contribution in [0, 0.1) is 37.3 Å². The first-order chi connectivity index (χ1) is 17.3. The largest absolute Gasteiger partial charge is 0.457 e. The van der Waals surface area contributed by atoms with Crippen molar-refractivity contribution in [1.29, 1.82) is 0 Å². The summed E-state index contributed by atoms with van der Waals surface area (Å²) >= 11 is 0. The van der Waals surface area contributed by atoms with Crippen LogP contribution < -0.4 is 15.3 Å². The number of halogens is 2. The van der Waals surface area contributed by atoms with Gasteiger partial charge in [-0.3, -0.25) is 0 Å². The molecule has 2 aliphatic carbocycles. The van der Waals surface area contributed by atoms with Crippen LogP contribution in [0.3, 0.4) is 0 Å². The maximum atomic E-state index is 15.1. The topological polar surface area (TPSA) is 61.7 Å². The SMILES string of the molecule is Cc1cc(P(O)NO)cc(C)c1Oc1ccc(-c2ccc(C3CCC(C4CC4)CC3)c(F)c2)c(F)c1. The standard InChI is InChI=1S/C29H32F2NO3P/c1-17-13-24(36(34)32-33)14-18(2)29(17)35-23-10-12-26(28(31)16-23)22-9-11-25(27(30)15-22)21-7-5-20(6-8-21)19-3-4-19/h9-16,19-21,32-34H,3-8H2,1-2H3. The average Bonchev–Trinajstić information content (AvgIpc) is 3.71. The first-order valence-electron chi connectivity index (χ1n) is 12.6. The van der Waals surface area contributed by atoms with Crippen LogP contribution in [0.5, 0.6) is 11.5 Å². The number of ether oxygens (including phenoxy) is 1. The molecule has 1 unspecified atom stereocenters. The molecule has 7 heteroatoms. The van der Waals surface area contributed by atoms with Gasteiger partial charge in [0.15, 0.2) is 8.30 Å². The van der Waals surface area contributed by atoms with E-state index < -0.39 is 14.1 Å². The molecule has 0 aromatic heterocycles. The highest BCUT2D eigenvalue weighted by atomic mass is 31.2. The molecule has 0 bridgehead atoms. The van der Waals surface area contributed by atoms with Crippen LogP contribution >= 0.6 is 8.30 Å². The highest BCUT2D eigenvalue weighted by molar-refractivity contribution is 7.57. The van der Waals surface area contributed by atoms with E-state index in [0.29, 0.717) is 27.9 Å². The minimum atomic E-state index is -1.87. The number of rotatable bonds is 7. The summed E-state index contributed by atoms with van der Waals surface area (Å²) < 4.78 is 36.2. The smallest absolute Gasteiger partial charge is 0.156 e. The molecule has 36 heavy (non-hydrogen) atoms. The lowest BCUT2D eigenvalue weighted by atomic mass is 9.76. The van der Waals surface area contributed by atoms with Crippen LogP contribution in [0.1, 0.15) is 61.1 Å². The predicted octanol–water partition coefficient (Wildman–Crippen LogP) is 7.63. The number of nitrogens with one attached hydrogen (secondary N) is 1. The lowest BCUT2D eigenvalue weighted by Crippen LogP contribution is -2.15. The summed E-state index contributed by atoms with van der Waals surface area (Å²) in [4.78, 5) is 9.86. The van der Waals surface area contributed by atoms with Gasteiger partial charge in [-0.05, 0) is 123 Å². The van der Waals surface area contributed by atoms with E-state index in [0.717, 1.165) is 41.4 Å². The van der Waals surface area contributed by atoms with Crippen molar-refractivity contribution in [3.8, 4) is 22.6 Å². The molecule has 0 saturated heterocycles. The first-order valence-corrected chi connectivity index (χ1v) is 13.9. The molecule has 190 valence electrons. The molecule has 3 aromatic rings. The number of benzene rings is 3. The zero-order valence-corrected chi connectivity index (χ0v) is 21.5. The molecule has 0 heterocycles. The van der Waals surface area contributed by atoms with Gasteiger partial charge in [-0.1, -0.05) is 12.1 Å². The summed E-state index contributed by atoms with van der Waals surface area (Å²) in [6, 6.07) is 13.1. The van der Waals surface area contributed by atoms with Crippen molar-refractivity contribution in [1.82, 2.24) is 5.25 Å². The van der Waals surface area contributed by atoms with E-state index in [1.165, 1.54) is 37.8 Å². The van der Waals surface area contributed by atoms with Gasteiger partial charge < -0.3 is 14.8 Å². The van der Waals surface area contributed by atoms with Crippen LogP contribution in [0.15, 0.2) is 48.5 Å². The van der Waals surface area contributed by atoms with Crippen molar-refractivity contribution in [2.24, 2.45) is 11.8 Å². The van der Waals surface area contributed by atoms with Crippen molar-refractivity contribution in [3.63, 3.8) is 0 Å². The lowest BCUT2D eigenvalue weighted by Gasteiger charge is -2.29. The summed E-state index contributed by atoms with van der Waals surface area (Å²) in [6.07, 6.45) is 7.18. The van der Waals surface area contributed by atoms with E-state index in [1.807, 2.05) is 31.2 Å².